The van der Waals surface area contributed by atoms with Crippen molar-refractivity contribution in [3.05, 3.63) is 27.5 Å². The highest BCUT2D eigenvalue weighted by atomic mass is 79.9. The number of aromatic nitrogens is 1. The number of nitrogens with zero attached hydrogens (tertiary/aromatic N) is 2. The summed E-state index contributed by atoms with van der Waals surface area (Å²) in [5.74, 6) is -0.940. The number of aliphatic hydroxyl groups is 1. The molecule has 0 spiro atoms. The maximum atomic E-state index is 12.4. The van der Waals surface area contributed by atoms with Crippen molar-refractivity contribution in [2.24, 2.45) is 0 Å². The number of carbonyl (C=O) groups excluding carboxylic acids is 1. The summed E-state index contributed by atoms with van der Waals surface area (Å²) < 4.78 is 37.5. The number of pyridine rings is 1. The van der Waals surface area contributed by atoms with Crippen molar-refractivity contribution in [1.29, 1.82) is 0 Å². The largest absolute Gasteiger partial charge is 0.406 e. The Balaban J connectivity index is 3.02. The summed E-state index contributed by atoms with van der Waals surface area (Å²) in [7, 11) is 0. The van der Waals surface area contributed by atoms with Gasteiger partial charge in [0.05, 0.1) is 12.2 Å². The van der Waals surface area contributed by atoms with Crippen molar-refractivity contribution < 1.29 is 23.1 Å². The average molecular weight is 362 g/mol. The zero-order valence-corrected chi connectivity index (χ0v) is 11.8. The van der Waals surface area contributed by atoms with Crippen molar-refractivity contribution in [1.82, 2.24) is 9.88 Å². The molecule has 0 aliphatic rings. The quantitative estimate of drug-likeness (QED) is 0.839. The lowest BCUT2D eigenvalue weighted by molar-refractivity contribution is -0.141. The highest BCUT2D eigenvalue weighted by molar-refractivity contribution is 9.10. The normalized spacial score (nSPS) is 11.5. The molecule has 0 saturated heterocycles. The fourth-order valence-corrected chi connectivity index (χ4v) is 1.85. The Labute approximate surface area is 120 Å². The molecular weight excluding hydrogens is 352 g/mol. The van der Waals surface area contributed by atoms with Gasteiger partial charge in [-0.1, -0.05) is 11.6 Å². The van der Waals surface area contributed by atoms with Crippen LogP contribution in [0.15, 0.2) is 16.7 Å². The molecule has 0 aliphatic heterocycles. The summed E-state index contributed by atoms with van der Waals surface area (Å²) in [5.41, 5.74) is -0.159. The number of halogens is 5. The number of carbonyl (C=O) groups is 1. The van der Waals surface area contributed by atoms with Crippen LogP contribution >= 0.6 is 27.5 Å². The summed E-state index contributed by atoms with van der Waals surface area (Å²) in [6.45, 7) is -2.49. The van der Waals surface area contributed by atoms with Crippen molar-refractivity contribution >= 4 is 33.4 Å². The second-order valence-corrected chi connectivity index (χ2v) is 4.83. The summed E-state index contributed by atoms with van der Waals surface area (Å²) in [6.07, 6.45) is -3.24. The van der Waals surface area contributed by atoms with Crippen LogP contribution in [0.3, 0.4) is 0 Å². The van der Waals surface area contributed by atoms with Crippen LogP contribution in [0, 0.1) is 0 Å². The van der Waals surface area contributed by atoms with Crippen molar-refractivity contribution in [3.8, 4) is 0 Å². The van der Waals surface area contributed by atoms with E-state index in [2.05, 4.69) is 20.9 Å². The average Bonchev–Trinajstić information content (AvgIpc) is 2.29. The van der Waals surface area contributed by atoms with Crippen LogP contribution in [0.2, 0.25) is 5.15 Å². The Morgan fingerprint density at radius 2 is 2.16 bits per heavy atom. The van der Waals surface area contributed by atoms with E-state index in [0.717, 1.165) is 0 Å². The first-order chi connectivity index (χ1) is 8.74. The minimum atomic E-state index is -4.56. The predicted octanol–water partition coefficient (Wildman–Crippen LogP) is 2.49. The van der Waals surface area contributed by atoms with E-state index in [1.165, 1.54) is 12.3 Å². The minimum Gasteiger partial charge on any atom is -0.395 e. The van der Waals surface area contributed by atoms with Gasteiger partial charge >= 0.3 is 6.18 Å². The molecule has 106 valence electrons. The van der Waals surface area contributed by atoms with Crippen molar-refractivity contribution in [2.45, 2.75) is 6.18 Å². The number of aliphatic hydroxyl groups excluding tert-OH is 1. The van der Waals surface area contributed by atoms with Gasteiger partial charge in [0.1, 0.15) is 11.7 Å². The lowest BCUT2D eigenvalue weighted by Gasteiger charge is -2.23. The maximum absolute atomic E-state index is 12.4. The first kappa shape index (κ1) is 16.2. The highest BCUT2D eigenvalue weighted by Gasteiger charge is 2.33. The third kappa shape index (κ3) is 4.96. The zero-order chi connectivity index (χ0) is 14.6. The van der Waals surface area contributed by atoms with E-state index >= 15 is 0 Å². The van der Waals surface area contributed by atoms with Gasteiger partial charge in [-0.05, 0) is 22.0 Å². The lowest BCUT2D eigenvalue weighted by atomic mass is 10.2. The standard InChI is InChI=1S/C10H9BrClF3N2O2/c11-6-3-7(8(12)16-4-6)9(19)17(1-2-18)5-10(13,14)15/h3-4,18H,1-2,5H2. The Bertz CT molecular complexity index is 471. The molecule has 0 bridgehead atoms. The van der Waals surface area contributed by atoms with Crippen LogP contribution in [-0.4, -0.2) is 46.8 Å². The van der Waals surface area contributed by atoms with E-state index in [4.69, 9.17) is 16.7 Å². The van der Waals surface area contributed by atoms with Gasteiger partial charge in [-0.25, -0.2) is 4.98 Å². The SMILES string of the molecule is O=C(c1cc(Br)cnc1Cl)N(CCO)CC(F)(F)F. The van der Waals surface area contributed by atoms with Crippen LogP contribution in [0.1, 0.15) is 10.4 Å². The van der Waals surface area contributed by atoms with E-state index in [1.54, 1.807) is 0 Å². The Kier molecular flexibility index (Phi) is 5.57. The fraction of sp³-hybridized carbons (Fsp3) is 0.400. The van der Waals surface area contributed by atoms with Gasteiger partial charge in [-0.3, -0.25) is 4.79 Å². The van der Waals surface area contributed by atoms with E-state index in [-0.39, 0.29) is 10.7 Å². The zero-order valence-electron chi connectivity index (χ0n) is 9.42. The highest BCUT2D eigenvalue weighted by Crippen LogP contribution is 2.22. The molecule has 19 heavy (non-hydrogen) atoms. The Morgan fingerprint density at radius 3 is 2.68 bits per heavy atom. The second kappa shape index (κ2) is 6.53. The molecule has 0 aliphatic carbocycles. The first-order valence-electron chi connectivity index (χ1n) is 5.02. The predicted molar refractivity (Wildman–Crippen MR) is 66.0 cm³/mol. The molecule has 1 aromatic heterocycles. The van der Waals surface area contributed by atoms with E-state index in [9.17, 15) is 18.0 Å². The molecule has 9 heteroatoms. The molecule has 1 heterocycles. The van der Waals surface area contributed by atoms with E-state index in [0.29, 0.717) is 9.37 Å². The molecule has 0 fully saturated rings. The molecule has 4 nitrogen and oxygen atoms in total. The molecule has 0 saturated carbocycles. The smallest absolute Gasteiger partial charge is 0.395 e. The van der Waals surface area contributed by atoms with Crippen molar-refractivity contribution in [3.63, 3.8) is 0 Å². The number of hydrogen-bond acceptors (Lipinski definition) is 3. The number of amides is 1. The summed E-state index contributed by atoms with van der Waals surface area (Å²) in [4.78, 5) is 16.1. The van der Waals surface area contributed by atoms with Crippen LogP contribution in [0.25, 0.3) is 0 Å². The molecule has 0 radical (unpaired) electrons. The van der Waals surface area contributed by atoms with Crippen LogP contribution in [0.5, 0.6) is 0 Å². The first-order valence-corrected chi connectivity index (χ1v) is 6.19. The molecular formula is C10H9BrClF3N2O2. The second-order valence-electron chi connectivity index (χ2n) is 3.56. The Hall–Kier alpha value is -0.860. The summed E-state index contributed by atoms with van der Waals surface area (Å²) in [6, 6.07) is 1.28. The van der Waals surface area contributed by atoms with E-state index in [1.807, 2.05) is 0 Å². The molecule has 0 aromatic carbocycles. The van der Waals surface area contributed by atoms with Gasteiger partial charge in [0.2, 0.25) is 0 Å². The van der Waals surface area contributed by atoms with Gasteiger partial charge in [0, 0.05) is 17.2 Å². The third-order valence-electron chi connectivity index (χ3n) is 2.06. The van der Waals surface area contributed by atoms with Gasteiger partial charge < -0.3 is 10.0 Å². The molecule has 1 aromatic rings. The summed E-state index contributed by atoms with van der Waals surface area (Å²) >= 11 is 8.73. The molecule has 1 amide bonds. The van der Waals surface area contributed by atoms with Gasteiger partial charge in [-0.15, -0.1) is 0 Å². The molecule has 1 rings (SSSR count). The molecule has 0 unspecified atom stereocenters. The van der Waals surface area contributed by atoms with E-state index < -0.39 is 31.8 Å². The van der Waals surface area contributed by atoms with Crippen molar-refractivity contribution in [2.75, 3.05) is 19.7 Å². The van der Waals surface area contributed by atoms with Crippen LogP contribution in [0.4, 0.5) is 13.2 Å². The molecule has 0 atom stereocenters. The van der Waals surface area contributed by atoms with Gasteiger partial charge in [-0.2, -0.15) is 13.2 Å². The fourth-order valence-electron chi connectivity index (χ4n) is 1.33. The maximum Gasteiger partial charge on any atom is 0.406 e. The topological polar surface area (TPSA) is 53.4 Å². The van der Waals surface area contributed by atoms with Gasteiger partial charge in [0.15, 0.2) is 0 Å². The third-order valence-corrected chi connectivity index (χ3v) is 2.80. The number of alkyl halides is 3. The van der Waals surface area contributed by atoms with Crippen LogP contribution < -0.4 is 0 Å². The monoisotopic (exact) mass is 360 g/mol. The minimum absolute atomic E-state index is 0.159. The van der Waals surface area contributed by atoms with Crippen LogP contribution in [-0.2, 0) is 0 Å². The molecule has 1 N–H and O–H groups in total. The lowest BCUT2D eigenvalue weighted by Crippen LogP contribution is -2.40. The van der Waals surface area contributed by atoms with Gasteiger partial charge in [0.25, 0.3) is 5.91 Å². The Morgan fingerprint density at radius 1 is 1.53 bits per heavy atom. The summed E-state index contributed by atoms with van der Waals surface area (Å²) in [5, 5.41) is 8.54. The number of rotatable bonds is 4. The number of hydrogen-bond donors (Lipinski definition) is 1.